The number of sulfonamides is 1. The summed E-state index contributed by atoms with van der Waals surface area (Å²) in [4.78, 5) is 0. The Labute approximate surface area is 129 Å². The molecule has 0 radical (unpaired) electrons. The van der Waals surface area contributed by atoms with E-state index in [0.717, 1.165) is 0 Å². The lowest BCUT2D eigenvalue weighted by Crippen LogP contribution is -2.39. The highest BCUT2D eigenvalue weighted by Gasteiger charge is 2.28. The lowest BCUT2D eigenvalue weighted by molar-refractivity contribution is 0.170. The summed E-state index contributed by atoms with van der Waals surface area (Å²) in [5, 5.41) is 9.82. The predicted octanol–water partition coefficient (Wildman–Crippen LogP) is 2.53. The van der Waals surface area contributed by atoms with Crippen molar-refractivity contribution in [2.75, 3.05) is 19.7 Å². The van der Waals surface area contributed by atoms with Crippen LogP contribution < -0.4 is 0 Å². The largest absolute Gasteiger partial charge is 0.396 e. The third kappa shape index (κ3) is 3.65. The monoisotopic (exact) mass is 337 g/mol. The Morgan fingerprint density at radius 2 is 1.75 bits per heavy atom. The lowest BCUT2D eigenvalue weighted by Gasteiger charge is -2.30. The summed E-state index contributed by atoms with van der Waals surface area (Å²) in [6.07, 6.45) is 1.37. The molecule has 1 aromatic rings. The van der Waals surface area contributed by atoms with Crippen molar-refractivity contribution in [3.63, 3.8) is 0 Å². The van der Waals surface area contributed by atoms with Crippen LogP contribution in [0.15, 0.2) is 18.2 Å². The minimum Gasteiger partial charge on any atom is -0.396 e. The summed E-state index contributed by atoms with van der Waals surface area (Å²) in [7, 11) is -3.43. The fraction of sp³-hybridized carbons (Fsp3) is 0.538. The number of aliphatic hydroxyl groups is 1. The highest BCUT2D eigenvalue weighted by molar-refractivity contribution is 7.88. The second-order valence-corrected chi connectivity index (χ2v) is 7.76. The quantitative estimate of drug-likeness (QED) is 0.918. The van der Waals surface area contributed by atoms with Crippen LogP contribution in [0.25, 0.3) is 0 Å². The Hall–Kier alpha value is -0.330. The Morgan fingerprint density at radius 1 is 1.20 bits per heavy atom. The lowest BCUT2D eigenvalue weighted by atomic mass is 10.00. The third-order valence-corrected chi connectivity index (χ3v) is 6.13. The molecule has 0 atom stereocenters. The van der Waals surface area contributed by atoms with Crippen molar-refractivity contribution in [1.82, 2.24) is 4.31 Å². The van der Waals surface area contributed by atoms with Gasteiger partial charge in [0.05, 0.1) is 5.75 Å². The summed E-state index contributed by atoms with van der Waals surface area (Å²) >= 11 is 12.0. The van der Waals surface area contributed by atoms with Gasteiger partial charge in [-0.3, -0.25) is 0 Å². The van der Waals surface area contributed by atoms with Crippen LogP contribution in [-0.2, 0) is 15.8 Å². The SMILES string of the molecule is O=S(=O)(Cc1c(Cl)cccc1Cl)N1CCC(CO)CC1. The van der Waals surface area contributed by atoms with E-state index in [2.05, 4.69) is 0 Å². The normalized spacial score (nSPS) is 18.4. The van der Waals surface area contributed by atoms with Crippen LogP contribution in [0.2, 0.25) is 10.0 Å². The average Bonchev–Trinajstić information content (AvgIpc) is 2.43. The van der Waals surface area contributed by atoms with Crippen molar-refractivity contribution < 1.29 is 13.5 Å². The zero-order chi connectivity index (χ0) is 14.8. The van der Waals surface area contributed by atoms with Crippen LogP contribution in [0.3, 0.4) is 0 Å². The van der Waals surface area contributed by atoms with Gasteiger partial charge >= 0.3 is 0 Å². The smallest absolute Gasteiger partial charge is 0.218 e. The highest BCUT2D eigenvalue weighted by Crippen LogP contribution is 2.28. The van der Waals surface area contributed by atoms with Crippen LogP contribution in [0.1, 0.15) is 18.4 Å². The first kappa shape index (κ1) is 16.0. The standard InChI is InChI=1S/C13H17Cl2NO3S/c14-12-2-1-3-13(15)11(12)9-20(18,19)16-6-4-10(8-17)5-7-16/h1-3,10,17H,4-9H2. The molecule has 7 heteroatoms. The van der Waals surface area contributed by atoms with Crippen molar-refractivity contribution in [1.29, 1.82) is 0 Å². The molecule has 1 fully saturated rings. The topological polar surface area (TPSA) is 57.6 Å². The zero-order valence-electron chi connectivity index (χ0n) is 10.9. The van der Waals surface area contributed by atoms with Gasteiger partial charge in [0.15, 0.2) is 0 Å². The van der Waals surface area contributed by atoms with E-state index in [1.54, 1.807) is 18.2 Å². The number of hydrogen-bond acceptors (Lipinski definition) is 3. The molecule has 1 aliphatic rings. The number of hydrogen-bond donors (Lipinski definition) is 1. The molecule has 20 heavy (non-hydrogen) atoms. The number of aliphatic hydroxyl groups excluding tert-OH is 1. The van der Waals surface area contributed by atoms with Crippen LogP contribution in [0, 0.1) is 5.92 Å². The van der Waals surface area contributed by atoms with E-state index >= 15 is 0 Å². The number of rotatable bonds is 4. The molecule has 0 amide bonds. The minimum absolute atomic E-state index is 0.115. The Morgan fingerprint density at radius 3 is 2.25 bits per heavy atom. The second kappa shape index (κ2) is 6.62. The van der Waals surface area contributed by atoms with E-state index in [1.807, 2.05) is 0 Å². The van der Waals surface area contributed by atoms with Crippen LogP contribution in [0.5, 0.6) is 0 Å². The average molecular weight is 338 g/mol. The summed E-state index contributed by atoms with van der Waals surface area (Å²) in [5.41, 5.74) is 0.445. The maximum absolute atomic E-state index is 12.4. The molecule has 1 aromatic carbocycles. The highest BCUT2D eigenvalue weighted by atomic mass is 35.5. The first-order chi connectivity index (χ1) is 9.44. The van der Waals surface area contributed by atoms with Gasteiger partial charge in [0.25, 0.3) is 0 Å². The van der Waals surface area contributed by atoms with Crippen LogP contribution in [-0.4, -0.2) is 37.5 Å². The maximum atomic E-state index is 12.4. The van der Waals surface area contributed by atoms with Gasteiger partial charge in [0.2, 0.25) is 10.0 Å². The van der Waals surface area contributed by atoms with E-state index in [4.69, 9.17) is 28.3 Å². The molecule has 1 saturated heterocycles. The maximum Gasteiger partial charge on any atom is 0.218 e. The summed E-state index contributed by atoms with van der Waals surface area (Å²) < 4.78 is 26.3. The molecule has 2 rings (SSSR count). The van der Waals surface area contributed by atoms with Gasteiger partial charge in [-0.2, -0.15) is 0 Å². The molecule has 1 heterocycles. The van der Waals surface area contributed by atoms with Gasteiger partial charge in [0.1, 0.15) is 0 Å². The molecule has 0 aliphatic carbocycles. The molecule has 0 unspecified atom stereocenters. The van der Waals surface area contributed by atoms with Crippen molar-refractivity contribution in [2.45, 2.75) is 18.6 Å². The van der Waals surface area contributed by atoms with Gasteiger partial charge < -0.3 is 5.11 Å². The van der Waals surface area contributed by atoms with Crippen molar-refractivity contribution >= 4 is 33.2 Å². The molecule has 0 aromatic heterocycles. The van der Waals surface area contributed by atoms with Crippen molar-refractivity contribution in [2.24, 2.45) is 5.92 Å². The van der Waals surface area contributed by atoms with Gasteiger partial charge in [-0.05, 0) is 30.9 Å². The molecule has 112 valence electrons. The number of benzene rings is 1. The fourth-order valence-electron chi connectivity index (χ4n) is 2.31. The van der Waals surface area contributed by atoms with Gasteiger partial charge in [0, 0.05) is 35.3 Å². The van der Waals surface area contributed by atoms with E-state index in [-0.39, 0.29) is 18.3 Å². The summed E-state index contributed by atoms with van der Waals surface area (Å²) in [6.45, 7) is 0.996. The van der Waals surface area contributed by atoms with E-state index in [0.29, 0.717) is 41.5 Å². The van der Waals surface area contributed by atoms with Gasteiger partial charge in [-0.1, -0.05) is 29.3 Å². The van der Waals surface area contributed by atoms with Crippen LogP contribution in [0.4, 0.5) is 0 Å². The second-order valence-electron chi connectivity index (χ2n) is 4.98. The van der Waals surface area contributed by atoms with Gasteiger partial charge in [-0.25, -0.2) is 12.7 Å². The number of nitrogens with zero attached hydrogens (tertiary/aromatic N) is 1. The van der Waals surface area contributed by atoms with E-state index < -0.39 is 10.0 Å². The molecule has 1 N–H and O–H groups in total. The Balaban J connectivity index is 2.12. The molecule has 0 saturated carbocycles. The fourth-order valence-corrected chi connectivity index (χ4v) is 4.63. The van der Waals surface area contributed by atoms with Gasteiger partial charge in [-0.15, -0.1) is 0 Å². The predicted molar refractivity (Wildman–Crippen MR) is 80.5 cm³/mol. The first-order valence-electron chi connectivity index (χ1n) is 6.45. The van der Waals surface area contributed by atoms with Crippen molar-refractivity contribution in [3.05, 3.63) is 33.8 Å². The molecule has 1 aliphatic heterocycles. The Bertz CT molecular complexity index is 549. The van der Waals surface area contributed by atoms with Crippen molar-refractivity contribution in [3.8, 4) is 0 Å². The number of halogens is 2. The first-order valence-corrected chi connectivity index (χ1v) is 8.82. The summed E-state index contributed by atoms with van der Waals surface area (Å²) in [5.74, 6) is 0.0142. The molecule has 0 bridgehead atoms. The number of piperidine rings is 1. The molecule has 4 nitrogen and oxygen atoms in total. The van der Waals surface area contributed by atoms with Crippen LogP contribution >= 0.6 is 23.2 Å². The summed E-state index contributed by atoms with van der Waals surface area (Å²) in [6, 6.07) is 4.96. The van der Waals surface area contributed by atoms with E-state index in [1.165, 1.54) is 4.31 Å². The zero-order valence-corrected chi connectivity index (χ0v) is 13.3. The molecular weight excluding hydrogens is 321 g/mol. The molecular formula is C13H17Cl2NO3S. The Kier molecular flexibility index (Phi) is 5.31. The molecule has 0 spiro atoms. The minimum atomic E-state index is -3.43. The van der Waals surface area contributed by atoms with E-state index in [9.17, 15) is 8.42 Å². The third-order valence-electron chi connectivity index (χ3n) is 3.61.